The van der Waals surface area contributed by atoms with E-state index in [4.69, 9.17) is 4.74 Å². The lowest BCUT2D eigenvalue weighted by Gasteiger charge is -2.23. The number of methoxy groups -OCH3 is 1. The first-order chi connectivity index (χ1) is 13.3. The molecule has 8 heteroatoms. The van der Waals surface area contributed by atoms with Gasteiger partial charge in [-0.3, -0.25) is 9.59 Å². The fourth-order valence-corrected chi connectivity index (χ4v) is 4.87. The fourth-order valence-electron chi connectivity index (χ4n) is 3.21. The molecule has 0 radical (unpaired) electrons. The minimum Gasteiger partial charge on any atom is -0.497 e. The molecular formula is C20H22N2O5S. The quantitative estimate of drug-likeness (QED) is 0.750. The highest BCUT2D eigenvalue weighted by Crippen LogP contribution is 2.28. The van der Waals surface area contributed by atoms with Gasteiger partial charge in [-0.05, 0) is 56.2 Å². The molecule has 1 aliphatic heterocycles. The molecule has 7 nitrogen and oxygen atoms in total. The summed E-state index contributed by atoms with van der Waals surface area (Å²) < 4.78 is 32.3. The zero-order valence-electron chi connectivity index (χ0n) is 15.7. The minimum atomic E-state index is -3.81. The molecule has 3 rings (SSSR count). The lowest BCUT2D eigenvalue weighted by molar-refractivity contribution is -0.119. The second kappa shape index (κ2) is 8.12. The molecule has 1 unspecified atom stereocenters. The molecule has 0 bridgehead atoms. The molecule has 1 aliphatic rings. The average Bonchev–Trinajstić information content (AvgIpc) is 3.19. The summed E-state index contributed by atoms with van der Waals surface area (Å²) in [5, 5.41) is 2.73. The molecule has 0 aromatic heterocycles. The van der Waals surface area contributed by atoms with Crippen LogP contribution in [0.4, 0.5) is 5.69 Å². The fraction of sp³-hybridized carbons (Fsp3) is 0.300. The Labute approximate surface area is 164 Å². The van der Waals surface area contributed by atoms with E-state index in [0.717, 1.165) is 0 Å². The van der Waals surface area contributed by atoms with Gasteiger partial charge in [-0.15, -0.1) is 0 Å². The molecule has 28 heavy (non-hydrogen) atoms. The van der Waals surface area contributed by atoms with Gasteiger partial charge in [0.1, 0.15) is 11.8 Å². The Morgan fingerprint density at radius 1 is 1.14 bits per heavy atom. The number of ketones is 1. The van der Waals surface area contributed by atoms with Gasteiger partial charge in [0, 0.05) is 17.8 Å². The maximum atomic E-state index is 13.0. The largest absolute Gasteiger partial charge is 0.497 e. The van der Waals surface area contributed by atoms with Crippen molar-refractivity contribution in [3.05, 3.63) is 54.1 Å². The van der Waals surface area contributed by atoms with Gasteiger partial charge in [-0.2, -0.15) is 4.31 Å². The van der Waals surface area contributed by atoms with Crippen LogP contribution in [0, 0.1) is 0 Å². The van der Waals surface area contributed by atoms with E-state index in [1.807, 2.05) is 0 Å². The van der Waals surface area contributed by atoms with Crippen LogP contribution in [0.5, 0.6) is 5.75 Å². The summed E-state index contributed by atoms with van der Waals surface area (Å²) in [4.78, 5) is 24.4. The third kappa shape index (κ3) is 4.07. The number of rotatable bonds is 6. The normalized spacial score (nSPS) is 17.3. The van der Waals surface area contributed by atoms with Crippen LogP contribution in [0.2, 0.25) is 0 Å². The van der Waals surface area contributed by atoms with Crippen LogP contribution in [0.25, 0.3) is 0 Å². The number of sulfonamides is 1. The Morgan fingerprint density at radius 2 is 1.86 bits per heavy atom. The van der Waals surface area contributed by atoms with Crippen LogP contribution >= 0.6 is 0 Å². The highest BCUT2D eigenvalue weighted by molar-refractivity contribution is 7.89. The Balaban J connectivity index is 1.80. The number of ether oxygens (including phenoxy) is 1. The Kier molecular flexibility index (Phi) is 5.81. The van der Waals surface area contributed by atoms with Crippen molar-refractivity contribution in [1.29, 1.82) is 0 Å². The van der Waals surface area contributed by atoms with Crippen LogP contribution in [-0.2, 0) is 14.8 Å². The molecular weight excluding hydrogens is 380 g/mol. The molecule has 1 N–H and O–H groups in total. The summed E-state index contributed by atoms with van der Waals surface area (Å²) in [5.74, 6) is 0.0379. The molecule has 1 saturated heterocycles. The van der Waals surface area contributed by atoms with Gasteiger partial charge >= 0.3 is 0 Å². The number of benzene rings is 2. The highest BCUT2D eigenvalue weighted by Gasteiger charge is 2.39. The number of carbonyl (C=O) groups is 2. The highest BCUT2D eigenvalue weighted by atomic mass is 32.2. The first-order valence-electron chi connectivity index (χ1n) is 8.90. The molecule has 0 aliphatic carbocycles. The number of nitrogens with zero attached hydrogens (tertiary/aromatic N) is 1. The average molecular weight is 402 g/mol. The summed E-state index contributed by atoms with van der Waals surface area (Å²) in [6, 6.07) is 11.9. The number of amides is 1. The van der Waals surface area contributed by atoms with E-state index in [1.165, 1.54) is 30.5 Å². The Bertz CT molecular complexity index is 986. The summed E-state index contributed by atoms with van der Waals surface area (Å²) in [5.41, 5.74) is 0.943. The van der Waals surface area contributed by atoms with Crippen LogP contribution in [0.15, 0.2) is 53.4 Å². The number of anilines is 1. The van der Waals surface area contributed by atoms with E-state index in [1.54, 1.807) is 36.4 Å². The van der Waals surface area contributed by atoms with Crippen LogP contribution in [0.3, 0.4) is 0 Å². The zero-order chi connectivity index (χ0) is 20.3. The molecule has 1 amide bonds. The maximum Gasteiger partial charge on any atom is 0.243 e. The maximum absolute atomic E-state index is 13.0. The van der Waals surface area contributed by atoms with Crippen molar-refractivity contribution in [2.75, 3.05) is 19.0 Å². The van der Waals surface area contributed by atoms with Crippen molar-refractivity contribution in [2.45, 2.75) is 30.7 Å². The van der Waals surface area contributed by atoms with Gasteiger partial charge in [0.05, 0.1) is 12.0 Å². The Morgan fingerprint density at radius 3 is 2.50 bits per heavy atom. The van der Waals surface area contributed by atoms with Gasteiger partial charge < -0.3 is 10.1 Å². The van der Waals surface area contributed by atoms with Crippen LogP contribution < -0.4 is 10.1 Å². The van der Waals surface area contributed by atoms with Gasteiger partial charge in [-0.1, -0.05) is 12.1 Å². The van der Waals surface area contributed by atoms with Crippen LogP contribution in [-0.4, -0.2) is 44.1 Å². The molecule has 1 heterocycles. The lowest BCUT2D eigenvalue weighted by Crippen LogP contribution is -2.43. The van der Waals surface area contributed by atoms with Crippen LogP contribution in [0.1, 0.15) is 30.1 Å². The first kappa shape index (κ1) is 20.0. The topological polar surface area (TPSA) is 92.8 Å². The summed E-state index contributed by atoms with van der Waals surface area (Å²) in [7, 11) is -2.30. The first-order valence-corrected chi connectivity index (χ1v) is 10.3. The van der Waals surface area contributed by atoms with E-state index < -0.39 is 22.0 Å². The van der Waals surface area contributed by atoms with E-state index in [-0.39, 0.29) is 17.2 Å². The van der Waals surface area contributed by atoms with Gasteiger partial charge in [0.25, 0.3) is 0 Å². The summed E-state index contributed by atoms with van der Waals surface area (Å²) in [6.45, 7) is 1.72. The number of hydrogen-bond acceptors (Lipinski definition) is 5. The second-order valence-corrected chi connectivity index (χ2v) is 8.47. The van der Waals surface area contributed by atoms with Crippen molar-refractivity contribution in [1.82, 2.24) is 4.31 Å². The Hall–Kier alpha value is -2.71. The predicted molar refractivity (Wildman–Crippen MR) is 105 cm³/mol. The molecule has 2 aromatic rings. The molecule has 148 valence electrons. The third-order valence-corrected chi connectivity index (χ3v) is 6.63. The van der Waals surface area contributed by atoms with E-state index in [0.29, 0.717) is 29.8 Å². The molecule has 0 spiro atoms. The third-order valence-electron chi connectivity index (χ3n) is 4.71. The smallest absolute Gasteiger partial charge is 0.243 e. The molecule has 0 saturated carbocycles. The molecule has 1 atom stereocenters. The number of hydrogen-bond donors (Lipinski definition) is 1. The van der Waals surface area contributed by atoms with Gasteiger partial charge in [0.15, 0.2) is 5.78 Å². The van der Waals surface area contributed by atoms with Gasteiger partial charge in [-0.25, -0.2) is 8.42 Å². The van der Waals surface area contributed by atoms with Gasteiger partial charge in [0.2, 0.25) is 15.9 Å². The second-order valence-electron chi connectivity index (χ2n) is 6.58. The standard InChI is InChI=1S/C20H22N2O5S/c1-14(23)15-5-3-6-16(13-15)21-20(24)19-7-4-12-22(19)28(25,26)18-10-8-17(27-2)9-11-18/h3,5-6,8-11,13,19H,4,7,12H2,1-2H3,(H,21,24). The number of Topliss-reactive ketones (excluding diaryl/α,β-unsaturated/α-hetero) is 1. The molecule has 2 aromatic carbocycles. The SMILES string of the molecule is COc1ccc(S(=O)(=O)N2CCCC2C(=O)Nc2cccc(C(C)=O)c2)cc1. The van der Waals surface area contributed by atoms with E-state index in [9.17, 15) is 18.0 Å². The molecule has 1 fully saturated rings. The minimum absolute atomic E-state index is 0.110. The monoisotopic (exact) mass is 402 g/mol. The summed E-state index contributed by atoms with van der Waals surface area (Å²) >= 11 is 0. The zero-order valence-corrected chi connectivity index (χ0v) is 16.5. The van der Waals surface area contributed by atoms with Crippen molar-refractivity contribution < 1.29 is 22.7 Å². The number of carbonyl (C=O) groups excluding carboxylic acids is 2. The van der Waals surface area contributed by atoms with Crippen molar-refractivity contribution in [3.8, 4) is 5.75 Å². The van der Waals surface area contributed by atoms with Crippen molar-refractivity contribution in [3.63, 3.8) is 0 Å². The summed E-state index contributed by atoms with van der Waals surface area (Å²) in [6.07, 6.45) is 1.04. The van der Waals surface area contributed by atoms with Crippen molar-refractivity contribution >= 4 is 27.4 Å². The van der Waals surface area contributed by atoms with Crippen molar-refractivity contribution in [2.24, 2.45) is 0 Å². The lowest BCUT2D eigenvalue weighted by atomic mass is 10.1. The van der Waals surface area contributed by atoms with E-state index >= 15 is 0 Å². The number of nitrogens with one attached hydrogen (secondary N) is 1. The van der Waals surface area contributed by atoms with E-state index in [2.05, 4.69) is 5.32 Å². The predicted octanol–water partition coefficient (Wildman–Crippen LogP) is 2.69.